The van der Waals surface area contributed by atoms with E-state index in [0.717, 1.165) is 25.4 Å². The van der Waals surface area contributed by atoms with Crippen molar-refractivity contribution in [3.05, 3.63) is 0 Å². The zero-order valence-corrected chi connectivity index (χ0v) is 10.8. The van der Waals surface area contributed by atoms with Crippen molar-refractivity contribution in [2.45, 2.75) is 49.8 Å². The maximum Gasteiger partial charge on any atom is 0.236 e. The van der Waals surface area contributed by atoms with E-state index in [1.165, 1.54) is 38.5 Å². The summed E-state index contributed by atoms with van der Waals surface area (Å²) in [5, 5.41) is 0. The molecule has 1 amide bonds. The number of nitrogens with zero attached hydrogens (tertiary/aromatic N) is 1. The number of likely N-dealkylation sites (tertiary alicyclic amines) is 1. The molecule has 2 fully saturated rings. The van der Waals surface area contributed by atoms with Crippen molar-refractivity contribution in [3.8, 4) is 0 Å². The van der Waals surface area contributed by atoms with Gasteiger partial charge in [-0.05, 0) is 18.8 Å². The number of alkyl halides is 1. The van der Waals surface area contributed by atoms with E-state index >= 15 is 0 Å². The molecule has 86 valence electrons. The molecule has 1 unspecified atom stereocenters. The summed E-state index contributed by atoms with van der Waals surface area (Å²) in [6.07, 6.45) is 9.22. The number of hydrogen-bond acceptors (Lipinski definition) is 1. The normalized spacial score (nSPS) is 28.7. The molecular formula is C12H20BrNO. The van der Waals surface area contributed by atoms with E-state index in [1.54, 1.807) is 0 Å². The molecule has 1 atom stereocenters. The Labute approximate surface area is 101 Å². The minimum atomic E-state index is 0.101. The highest BCUT2D eigenvalue weighted by Crippen LogP contribution is 2.27. The first kappa shape index (κ1) is 11.4. The molecule has 1 saturated heterocycles. The number of carbonyl (C=O) groups is 1. The molecule has 2 rings (SSSR count). The van der Waals surface area contributed by atoms with Crippen LogP contribution in [0.5, 0.6) is 0 Å². The summed E-state index contributed by atoms with van der Waals surface area (Å²) in [5.41, 5.74) is 0. The van der Waals surface area contributed by atoms with Crippen LogP contribution in [0.15, 0.2) is 0 Å². The molecule has 2 nitrogen and oxygen atoms in total. The van der Waals surface area contributed by atoms with Crippen molar-refractivity contribution >= 4 is 21.8 Å². The minimum absolute atomic E-state index is 0.101. The summed E-state index contributed by atoms with van der Waals surface area (Å²) >= 11 is 3.42. The van der Waals surface area contributed by atoms with Crippen LogP contribution in [-0.2, 0) is 4.79 Å². The lowest BCUT2D eigenvalue weighted by molar-refractivity contribution is -0.127. The number of halogens is 1. The fourth-order valence-corrected chi connectivity index (χ4v) is 3.23. The van der Waals surface area contributed by atoms with Gasteiger partial charge in [-0.2, -0.15) is 0 Å². The van der Waals surface area contributed by atoms with E-state index in [9.17, 15) is 4.79 Å². The topological polar surface area (TPSA) is 20.3 Å². The molecule has 0 spiro atoms. The molecule has 1 heterocycles. The Hall–Kier alpha value is -0.0500. The Balaban J connectivity index is 1.71. The van der Waals surface area contributed by atoms with Crippen molar-refractivity contribution < 1.29 is 4.79 Å². The van der Waals surface area contributed by atoms with Gasteiger partial charge in [-0.15, -0.1) is 0 Å². The summed E-state index contributed by atoms with van der Waals surface area (Å²) in [6, 6.07) is 0. The molecule has 1 aliphatic heterocycles. The van der Waals surface area contributed by atoms with Gasteiger partial charge in [-0.25, -0.2) is 0 Å². The van der Waals surface area contributed by atoms with Crippen LogP contribution in [-0.4, -0.2) is 28.7 Å². The highest BCUT2D eigenvalue weighted by atomic mass is 79.9. The molecule has 0 aromatic heterocycles. The highest BCUT2D eigenvalue weighted by Gasteiger charge is 2.29. The average Bonchev–Trinajstić information content (AvgIpc) is 2.59. The SMILES string of the molecule is O=C1C(Br)CCN1CCC1CCCCC1. The van der Waals surface area contributed by atoms with Crippen molar-refractivity contribution in [2.75, 3.05) is 13.1 Å². The first-order valence-electron chi connectivity index (χ1n) is 6.20. The fourth-order valence-electron chi connectivity index (χ4n) is 2.74. The van der Waals surface area contributed by atoms with E-state index in [4.69, 9.17) is 0 Å². The summed E-state index contributed by atoms with van der Waals surface area (Å²) in [4.78, 5) is 13.8. The Bertz CT molecular complexity index is 226. The second-order valence-corrected chi connectivity index (χ2v) is 5.98. The third kappa shape index (κ3) is 2.96. The van der Waals surface area contributed by atoms with Crippen molar-refractivity contribution in [3.63, 3.8) is 0 Å². The maximum atomic E-state index is 11.7. The highest BCUT2D eigenvalue weighted by molar-refractivity contribution is 9.10. The van der Waals surface area contributed by atoms with Gasteiger partial charge >= 0.3 is 0 Å². The van der Waals surface area contributed by atoms with Crippen LogP contribution >= 0.6 is 15.9 Å². The van der Waals surface area contributed by atoms with Gasteiger partial charge in [0.25, 0.3) is 0 Å². The second kappa shape index (κ2) is 5.33. The Morgan fingerprint density at radius 3 is 2.53 bits per heavy atom. The lowest BCUT2D eigenvalue weighted by Crippen LogP contribution is -2.30. The van der Waals surface area contributed by atoms with Gasteiger partial charge in [-0.1, -0.05) is 48.0 Å². The van der Waals surface area contributed by atoms with E-state index in [0.29, 0.717) is 5.91 Å². The van der Waals surface area contributed by atoms with Gasteiger partial charge in [-0.3, -0.25) is 4.79 Å². The molecule has 1 aliphatic carbocycles. The van der Waals surface area contributed by atoms with Gasteiger partial charge in [0, 0.05) is 13.1 Å². The standard InChI is InChI=1S/C12H20BrNO/c13-11-7-9-14(12(11)15)8-6-10-4-2-1-3-5-10/h10-11H,1-9H2. The first-order chi connectivity index (χ1) is 7.27. The summed E-state index contributed by atoms with van der Waals surface area (Å²) in [6.45, 7) is 1.95. The molecule has 3 heteroatoms. The van der Waals surface area contributed by atoms with Crippen LogP contribution in [0.25, 0.3) is 0 Å². The van der Waals surface area contributed by atoms with Crippen LogP contribution in [0.1, 0.15) is 44.9 Å². The molecule has 0 N–H and O–H groups in total. The third-order valence-electron chi connectivity index (χ3n) is 3.76. The third-order valence-corrected chi connectivity index (χ3v) is 4.61. The van der Waals surface area contributed by atoms with Crippen molar-refractivity contribution in [2.24, 2.45) is 5.92 Å². The molecule has 1 saturated carbocycles. The van der Waals surface area contributed by atoms with Gasteiger partial charge in [0.2, 0.25) is 5.91 Å². The zero-order valence-electron chi connectivity index (χ0n) is 9.25. The summed E-state index contributed by atoms with van der Waals surface area (Å²) in [7, 11) is 0. The van der Waals surface area contributed by atoms with E-state index in [-0.39, 0.29) is 4.83 Å². The number of rotatable bonds is 3. The van der Waals surface area contributed by atoms with E-state index < -0.39 is 0 Å². The summed E-state index contributed by atoms with van der Waals surface area (Å²) in [5.74, 6) is 1.20. The molecule has 0 aromatic rings. The van der Waals surface area contributed by atoms with Crippen LogP contribution in [0, 0.1) is 5.92 Å². The lowest BCUT2D eigenvalue weighted by Gasteiger charge is -2.24. The maximum absolute atomic E-state index is 11.7. The average molecular weight is 274 g/mol. The number of hydrogen-bond donors (Lipinski definition) is 0. The molecule has 0 aromatic carbocycles. The van der Waals surface area contributed by atoms with Crippen LogP contribution in [0.4, 0.5) is 0 Å². The van der Waals surface area contributed by atoms with Crippen LogP contribution < -0.4 is 0 Å². The van der Waals surface area contributed by atoms with E-state index in [1.807, 2.05) is 4.90 Å². The summed E-state index contributed by atoms with van der Waals surface area (Å²) < 4.78 is 0. The van der Waals surface area contributed by atoms with E-state index in [2.05, 4.69) is 15.9 Å². The van der Waals surface area contributed by atoms with Crippen LogP contribution in [0.2, 0.25) is 0 Å². The Kier molecular flexibility index (Phi) is 4.06. The number of carbonyl (C=O) groups excluding carboxylic acids is 1. The first-order valence-corrected chi connectivity index (χ1v) is 7.12. The predicted octanol–water partition coefficient (Wildman–Crippen LogP) is 2.95. The number of amides is 1. The zero-order chi connectivity index (χ0) is 10.7. The largest absolute Gasteiger partial charge is 0.342 e. The van der Waals surface area contributed by atoms with Crippen LogP contribution in [0.3, 0.4) is 0 Å². The molecule has 15 heavy (non-hydrogen) atoms. The van der Waals surface area contributed by atoms with Gasteiger partial charge in [0.05, 0.1) is 4.83 Å². The quantitative estimate of drug-likeness (QED) is 0.724. The molecule has 0 radical (unpaired) electrons. The van der Waals surface area contributed by atoms with Gasteiger partial charge in [0.1, 0.15) is 0 Å². The predicted molar refractivity (Wildman–Crippen MR) is 65.1 cm³/mol. The Morgan fingerprint density at radius 2 is 1.93 bits per heavy atom. The minimum Gasteiger partial charge on any atom is -0.342 e. The molecular weight excluding hydrogens is 254 g/mol. The fraction of sp³-hybridized carbons (Fsp3) is 0.917. The Morgan fingerprint density at radius 1 is 1.20 bits per heavy atom. The second-order valence-electron chi connectivity index (χ2n) is 4.87. The van der Waals surface area contributed by atoms with Crippen molar-refractivity contribution in [1.29, 1.82) is 0 Å². The molecule has 0 bridgehead atoms. The lowest BCUT2D eigenvalue weighted by atomic mass is 9.87. The smallest absolute Gasteiger partial charge is 0.236 e. The van der Waals surface area contributed by atoms with Gasteiger partial charge < -0.3 is 4.90 Å². The monoisotopic (exact) mass is 273 g/mol. The van der Waals surface area contributed by atoms with Crippen molar-refractivity contribution in [1.82, 2.24) is 4.90 Å². The molecule has 2 aliphatic rings. The van der Waals surface area contributed by atoms with Gasteiger partial charge in [0.15, 0.2) is 0 Å².